The molecule has 3 saturated carbocycles. The lowest BCUT2D eigenvalue weighted by Gasteiger charge is -2.38. The van der Waals surface area contributed by atoms with Gasteiger partial charge in [0, 0.05) is 0 Å². The molecule has 0 aliphatic heterocycles. The molecule has 4 N–H and O–H groups in total. The van der Waals surface area contributed by atoms with E-state index < -0.39 is 16.6 Å². The van der Waals surface area contributed by atoms with Crippen LogP contribution in [0.2, 0.25) is 0 Å². The molecule has 3 aliphatic carbocycles. The molecular formula is C23H40N2O4. The first kappa shape index (κ1) is 22.5. The van der Waals surface area contributed by atoms with E-state index in [1.165, 1.54) is 0 Å². The van der Waals surface area contributed by atoms with Crippen molar-refractivity contribution < 1.29 is 19.8 Å². The fourth-order valence-electron chi connectivity index (χ4n) is 5.68. The second kappa shape index (κ2) is 8.18. The first-order valence-electron chi connectivity index (χ1n) is 11.6. The van der Waals surface area contributed by atoms with E-state index in [2.05, 4.69) is 10.6 Å². The van der Waals surface area contributed by atoms with Crippen molar-refractivity contribution in [2.24, 2.45) is 17.3 Å². The zero-order valence-corrected chi connectivity index (χ0v) is 18.6. The van der Waals surface area contributed by atoms with Gasteiger partial charge in [-0.1, -0.05) is 53.4 Å². The van der Waals surface area contributed by atoms with Crippen LogP contribution in [0, 0.1) is 17.3 Å². The summed E-state index contributed by atoms with van der Waals surface area (Å²) in [5, 5.41) is 28.2. The van der Waals surface area contributed by atoms with E-state index in [4.69, 9.17) is 0 Å². The highest BCUT2D eigenvalue weighted by molar-refractivity contribution is 6.08. The summed E-state index contributed by atoms with van der Waals surface area (Å²) in [5.74, 6) is -0.364. The minimum atomic E-state index is -1.05. The van der Waals surface area contributed by atoms with Crippen LogP contribution in [0.5, 0.6) is 0 Å². The SMILES string of the molecule is CC(C)[C@@H](NC(=O)C1(C(=O)N[C@H](C(C)C)C2(O)CCCC2)CC1)C1(O)CCCC1. The number of nitrogens with one attached hydrogen (secondary N) is 2. The van der Waals surface area contributed by atoms with Crippen LogP contribution in [0.4, 0.5) is 0 Å². The quantitative estimate of drug-likeness (QED) is 0.464. The Morgan fingerprint density at radius 1 is 0.655 bits per heavy atom. The molecule has 2 amide bonds. The fraction of sp³-hybridized carbons (Fsp3) is 0.913. The molecule has 0 aromatic carbocycles. The van der Waals surface area contributed by atoms with Gasteiger partial charge in [-0.05, 0) is 50.4 Å². The summed E-state index contributed by atoms with van der Waals surface area (Å²) in [7, 11) is 0. The van der Waals surface area contributed by atoms with Crippen LogP contribution in [-0.4, -0.2) is 45.3 Å². The molecule has 0 unspecified atom stereocenters. The van der Waals surface area contributed by atoms with E-state index in [-0.39, 0.29) is 35.7 Å². The zero-order valence-electron chi connectivity index (χ0n) is 18.6. The maximum atomic E-state index is 13.2. The Balaban J connectivity index is 1.70. The largest absolute Gasteiger partial charge is 0.388 e. The predicted molar refractivity (Wildman–Crippen MR) is 112 cm³/mol. The molecular weight excluding hydrogens is 368 g/mol. The lowest BCUT2D eigenvalue weighted by molar-refractivity contribution is -0.141. The van der Waals surface area contributed by atoms with Crippen molar-refractivity contribution >= 4 is 11.8 Å². The summed E-state index contributed by atoms with van der Waals surface area (Å²) in [5.41, 5.74) is -2.81. The van der Waals surface area contributed by atoms with Crippen molar-refractivity contribution in [3.05, 3.63) is 0 Å². The molecule has 0 saturated heterocycles. The number of aliphatic hydroxyl groups is 2. The smallest absolute Gasteiger partial charge is 0.236 e. The molecule has 0 spiro atoms. The second-order valence-electron chi connectivity index (χ2n) is 10.6. The van der Waals surface area contributed by atoms with Gasteiger partial charge < -0.3 is 20.8 Å². The van der Waals surface area contributed by atoms with Crippen LogP contribution in [-0.2, 0) is 9.59 Å². The van der Waals surface area contributed by atoms with Crippen LogP contribution in [0.15, 0.2) is 0 Å². The summed E-state index contributed by atoms with van der Waals surface area (Å²) >= 11 is 0. The van der Waals surface area contributed by atoms with Gasteiger partial charge in [-0.15, -0.1) is 0 Å². The van der Waals surface area contributed by atoms with Crippen molar-refractivity contribution in [2.45, 2.75) is 115 Å². The van der Waals surface area contributed by atoms with Crippen LogP contribution >= 0.6 is 0 Å². The summed E-state index contributed by atoms with van der Waals surface area (Å²) in [6.45, 7) is 8.02. The monoisotopic (exact) mass is 408 g/mol. The summed E-state index contributed by atoms with van der Waals surface area (Å²) < 4.78 is 0. The van der Waals surface area contributed by atoms with E-state index in [1.807, 2.05) is 27.7 Å². The Labute approximate surface area is 175 Å². The van der Waals surface area contributed by atoms with Crippen LogP contribution in [0.3, 0.4) is 0 Å². The number of amides is 2. The lowest BCUT2D eigenvalue weighted by atomic mass is 9.83. The third kappa shape index (κ3) is 4.34. The van der Waals surface area contributed by atoms with Crippen LogP contribution in [0.1, 0.15) is 91.9 Å². The predicted octanol–water partition coefficient (Wildman–Crippen LogP) is 2.66. The van der Waals surface area contributed by atoms with Gasteiger partial charge >= 0.3 is 0 Å². The van der Waals surface area contributed by atoms with Crippen molar-refractivity contribution in [1.82, 2.24) is 10.6 Å². The lowest BCUT2D eigenvalue weighted by Crippen LogP contribution is -2.60. The van der Waals surface area contributed by atoms with E-state index in [0.29, 0.717) is 38.5 Å². The Hall–Kier alpha value is -1.14. The minimum absolute atomic E-state index is 0.0866. The summed E-state index contributed by atoms with van der Waals surface area (Å²) in [6.07, 6.45) is 7.69. The topological polar surface area (TPSA) is 98.7 Å². The zero-order chi connectivity index (χ0) is 21.4. The highest BCUT2D eigenvalue weighted by atomic mass is 16.3. The third-order valence-electron chi connectivity index (χ3n) is 7.62. The van der Waals surface area contributed by atoms with Crippen molar-refractivity contribution in [2.75, 3.05) is 0 Å². The van der Waals surface area contributed by atoms with Crippen LogP contribution < -0.4 is 10.6 Å². The average Bonchev–Trinajstić information content (AvgIpc) is 3.17. The number of hydrogen-bond donors (Lipinski definition) is 4. The Morgan fingerprint density at radius 3 is 1.21 bits per heavy atom. The average molecular weight is 409 g/mol. The standard InChI is InChI=1S/C23H40N2O4/c1-15(2)17(22(28)9-5-6-10-22)24-19(26)21(13-14-21)20(27)25-18(16(3)4)23(29)11-7-8-12-23/h15-18,28-29H,5-14H2,1-4H3,(H,24,26)(H,25,27)/t17-,18-/m1/s1. The maximum absolute atomic E-state index is 13.2. The molecule has 166 valence electrons. The molecule has 0 aromatic heterocycles. The fourth-order valence-corrected chi connectivity index (χ4v) is 5.68. The molecule has 0 heterocycles. The molecule has 3 rings (SSSR count). The summed E-state index contributed by atoms with van der Waals surface area (Å²) in [4.78, 5) is 26.4. The third-order valence-corrected chi connectivity index (χ3v) is 7.62. The molecule has 29 heavy (non-hydrogen) atoms. The van der Waals surface area contributed by atoms with Gasteiger partial charge in [-0.2, -0.15) is 0 Å². The maximum Gasteiger partial charge on any atom is 0.236 e. The molecule has 3 fully saturated rings. The Bertz CT molecular complexity index is 564. The summed E-state index contributed by atoms with van der Waals surface area (Å²) in [6, 6.07) is -0.689. The second-order valence-corrected chi connectivity index (χ2v) is 10.6. The first-order chi connectivity index (χ1) is 13.5. The Morgan fingerprint density at radius 2 is 0.966 bits per heavy atom. The molecule has 6 nitrogen and oxygen atoms in total. The van der Waals surface area contributed by atoms with Gasteiger partial charge in [-0.25, -0.2) is 0 Å². The minimum Gasteiger partial charge on any atom is -0.388 e. The van der Waals surface area contributed by atoms with E-state index >= 15 is 0 Å². The number of carbonyl (C=O) groups is 2. The van der Waals surface area contributed by atoms with E-state index in [9.17, 15) is 19.8 Å². The normalized spacial score (nSPS) is 26.3. The molecule has 6 heteroatoms. The molecule has 0 aromatic rings. The molecule has 2 atom stereocenters. The molecule has 0 radical (unpaired) electrons. The first-order valence-corrected chi connectivity index (χ1v) is 11.6. The Kier molecular flexibility index (Phi) is 6.36. The van der Waals surface area contributed by atoms with E-state index in [0.717, 1.165) is 25.7 Å². The van der Waals surface area contributed by atoms with Gasteiger partial charge in [0.2, 0.25) is 11.8 Å². The van der Waals surface area contributed by atoms with Crippen molar-refractivity contribution in [1.29, 1.82) is 0 Å². The highest BCUT2D eigenvalue weighted by Crippen LogP contribution is 2.48. The number of carbonyl (C=O) groups excluding carboxylic acids is 2. The van der Waals surface area contributed by atoms with Crippen LogP contribution in [0.25, 0.3) is 0 Å². The van der Waals surface area contributed by atoms with Gasteiger partial charge in [0.25, 0.3) is 0 Å². The molecule has 0 bridgehead atoms. The van der Waals surface area contributed by atoms with Crippen molar-refractivity contribution in [3.8, 4) is 0 Å². The van der Waals surface area contributed by atoms with E-state index in [1.54, 1.807) is 0 Å². The number of hydrogen-bond acceptors (Lipinski definition) is 4. The van der Waals surface area contributed by atoms with Gasteiger partial charge in [0.15, 0.2) is 0 Å². The van der Waals surface area contributed by atoms with Gasteiger partial charge in [0.1, 0.15) is 5.41 Å². The number of rotatable bonds is 8. The van der Waals surface area contributed by atoms with Gasteiger partial charge in [0.05, 0.1) is 23.3 Å². The van der Waals surface area contributed by atoms with Crippen molar-refractivity contribution in [3.63, 3.8) is 0 Å². The van der Waals surface area contributed by atoms with Gasteiger partial charge in [-0.3, -0.25) is 9.59 Å². The molecule has 3 aliphatic rings. The highest BCUT2D eigenvalue weighted by Gasteiger charge is 2.59.